The Morgan fingerprint density at radius 1 is 1.10 bits per heavy atom. The molecule has 0 spiro atoms. The number of rotatable bonds is 4. The molecule has 2 aromatic heterocycles. The van der Waals surface area contributed by atoms with Crippen LogP contribution in [0.3, 0.4) is 0 Å². The average molecular weight is 416 g/mol. The number of nitrogens with one attached hydrogen (secondary N) is 1. The lowest BCUT2D eigenvalue weighted by Gasteiger charge is -2.25. The van der Waals surface area contributed by atoms with E-state index in [9.17, 15) is 17.6 Å². The molecule has 1 aliphatic carbocycles. The highest BCUT2D eigenvalue weighted by molar-refractivity contribution is 5.49. The third kappa shape index (κ3) is 4.42. The van der Waals surface area contributed by atoms with E-state index in [1.807, 2.05) is 25.3 Å². The molecule has 0 saturated carbocycles. The highest BCUT2D eigenvalue weighted by atomic mass is 19.4. The van der Waals surface area contributed by atoms with Crippen LogP contribution in [0, 0.1) is 12.7 Å². The molecular formula is C22H20F4N4. The lowest BCUT2D eigenvalue weighted by molar-refractivity contribution is -0.137. The summed E-state index contributed by atoms with van der Waals surface area (Å²) in [5.41, 5.74) is 3.14. The lowest BCUT2D eigenvalue weighted by Crippen LogP contribution is -2.18. The molecular weight excluding hydrogens is 396 g/mol. The maximum absolute atomic E-state index is 13.7. The predicted octanol–water partition coefficient (Wildman–Crippen LogP) is 5.22. The quantitative estimate of drug-likeness (QED) is 0.593. The van der Waals surface area contributed by atoms with Crippen molar-refractivity contribution in [3.05, 3.63) is 82.3 Å². The van der Waals surface area contributed by atoms with Gasteiger partial charge in [-0.15, -0.1) is 0 Å². The first kappa shape index (κ1) is 20.3. The Labute approximate surface area is 171 Å². The minimum atomic E-state index is -4.60. The van der Waals surface area contributed by atoms with Crippen molar-refractivity contribution in [2.75, 3.05) is 5.32 Å². The third-order valence-electron chi connectivity index (χ3n) is 5.31. The third-order valence-corrected chi connectivity index (χ3v) is 5.31. The van der Waals surface area contributed by atoms with Gasteiger partial charge in [-0.2, -0.15) is 13.2 Å². The van der Waals surface area contributed by atoms with Crippen LogP contribution in [-0.4, -0.2) is 15.0 Å². The zero-order valence-corrected chi connectivity index (χ0v) is 16.3. The van der Waals surface area contributed by atoms with Crippen LogP contribution in [0.5, 0.6) is 0 Å². The van der Waals surface area contributed by atoms with E-state index in [1.165, 1.54) is 6.33 Å². The molecule has 3 aromatic rings. The molecule has 1 unspecified atom stereocenters. The van der Waals surface area contributed by atoms with Gasteiger partial charge in [0.2, 0.25) is 0 Å². The van der Waals surface area contributed by atoms with Crippen LogP contribution < -0.4 is 5.32 Å². The highest BCUT2D eigenvalue weighted by Crippen LogP contribution is 2.34. The van der Waals surface area contributed by atoms with E-state index >= 15 is 0 Å². The molecule has 2 heterocycles. The highest BCUT2D eigenvalue weighted by Gasteiger charge is 2.31. The number of hydrogen-bond acceptors (Lipinski definition) is 4. The van der Waals surface area contributed by atoms with Gasteiger partial charge in [0.15, 0.2) is 0 Å². The minimum Gasteiger partial charge on any atom is -0.366 e. The van der Waals surface area contributed by atoms with Crippen LogP contribution in [-0.2, 0) is 25.6 Å². The molecule has 0 amide bonds. The summed E-state index contributed by atoms with van der Waals surface area (Å²) in [6.45, 7) is 2.01. The molecule has 0 radical (unpaired) electrons. The molecule has 0 bridgehead atoms. The first-order valence-corrected chi connectivity index (χ1v) is 9.65. The minimum absolute atomic E-state index is 0.0255. The van der Waals surface area contributed by atoms with Crippen molar-refractivity contribution < 1.29 is 17.6 Å². The Morgan fingerprint density at radius 3 is 2.67 bits per heavy atom. The molecule has 8 heteroatoms. The number of aryl methyl sites for hydroxylation is 2. The summed E-state index contributed by atoms with van der Waals surface area (Å²) in [7, 11) is 0. The van der Waals surface area contributed by atoms with Gasteiger partial charge in [0.05, 0.1) is 5.56 Å². The van der Waals surface area contributed by atoms with E-state index in [2.05, 4.69) is 20.3 Å². The maximum Gasteiger partial charge on any atom is 0.416 e. The Balaban J connectivity index is 1.55. The summed E-state index contributed by atoms with van der Waals surface area (Å²) in [6, 6.07) is 6.58. The van der Waals surface area contributed by atoms with Crippen molar-refractivity contribution in [1.82, 2.24) is 15.0 Å². The van der Waals surface area contributed by atoms with Crippen LogP contribution in [0.15, 0.2) is 42.9 Å². The van der Waals surface area contributed by atoms with Gasteiger partial charge < -0.3 is 5.32 Å². The monoisotopic (exact) mass is 416 g/mol. The Bertz CT molecular complexity index is 1050. The first-order chi connectivity index (χ1) is 14.3. The Morgan fingerprint density at radius 2 is 1.93 bits per heavy atom. The fourth-order valence-electron chi connectivity index (χ4n) is 3.77. The van der Waals surface area contributed by atoms with Crippen LogP contribution in [0.25, 0.3) is 0 Å². The van der Waals surface area contributed by atoms with E-state index in [4.69, 9.17) is 0 Å². The second kappa shape index (κ2) is 8.01. The molecule has 0 aliphatic heterocycles. The summed E-state index contributed by atoms with van der Waals surface area (Å²) >= 11 is 0. The molecule has 1 atom stereocenters. The summed E-state index contributed by atoms with van der Waals surface area (Å²) in [4.78, 5) is 13.2. The maximum atomic E-state index is 13.7. The number of pyridine rings is 1. The smallest absolute Gasteiger partial charge is 0.366 e. The van der Waals surface area contributed by atoms with Gasteiger partial charge in [0.25, 0.3) is 0 Å². The van der Waals surface area contributed by atoms with Crippen molar-refractivity contribution in [1.29, 1.82) is 0 Å². The van der Waals surface area contributed by atoms with Crippen molar-refractivity contribution in [2.45, 2.75) is 44.8 Å². The van der Waals surface area contributed by atoms with E-state index in [0.29, 0.717) is 18.3 Å². The van der Waals surface area contributed by atoms with Crippen LogP contribution in [0.2, 0.25) is 0 Å². The van der Waals surface area contributed by atoms with E-state index in [1.54, 1.807) is 0 Å². The van der Waals surface area contributed by atoms with Crippen LogP contribution in [0.1, 0.15) is 46.0 Å². The van der Waals surface area contributed by atoms with E-state index in [0.717, 1.165) is 47.5 Å². The van der Waals surface area contributed by atoms with Crippen molar-refractivity contribution in [3.63, 3.8) is 0 Å². The molecule has 0 saturated heterocycles. The zero-order chi connectivity index (χ0) is 21.3. The van der Waals surface area contributed by atoms with Crippen molar-refractivity contribution in [2.24, 2.45) is 0 Å². The van der Waals surface area contributed by atoms with Gasteiger partial charge in [-0.1, -0.05) is 6.07 Å². The molecule has 30 heavy (non-hydrogen) atoms. The molecule has 1 N–H and O–H groups in total. The normalized spacial score (nSPS) is 16.2. The summed E-state index contributed by atoms with van der Waals surface area (Å²) in [5.74, 6) is -0.137. The number of hydrogen-bond donors (Lipinski definition) is 1. The van der Waals surface area contributed by atoms with Gasteiger partial charge in [-0.3, -0.25) is 4.98 Å². The van der Waals surface area contributed by atoms with Gasteiger partial charge in [0, 0.05) is 35.6 Å². The van der Waals surface area contributed by atoms with Gasteiger partial charge in [-0.05, 0) is 61.6 Å². The lowest BCUT2D eigenvalue weighted by atomic mass is 9.84. The fraction of sp³-hybridized carbons (Fsp3) is 0.318. The predicted molar refractivity (Wildman–Crippen MR) is 105 cm³/mol. The Hall–Kier alpha value is -3.03. The van der Waals surface area contributed by atoms with Crippen molar-refractivity contribution in [3.8, 4) is 0 Å². The van der Waals surface area contributed by atoms with Gasteiger partial charge in [0.1, 0.15) is 18.0 Å². The molecule has 4 rings (SSSR count). The first-order valence-electron chi connectivity index (χ1n) is 9.65. The average Bonchev–Trinajstić information content (AvgIpc) is 2.71. The Kier molecular flexibility index (Phi) is 5.40. The van der Waals surface area contributed by atoms with Gasteiger partial charge >= 0.3 is 6.18 Å². The summed E-state index contributed by atoms with van der Waals surface area (Å²) in [5, 5.41) is 3.07. The van der Waals surface area contributed by atoms with Gasteiger partial charge in [-0.25, -0.2) is 14.4 Å². The summed E-state index contributed by atoms with van der Waals surface area (Å²) in [6.07, 6.45) is 1.06. The topological polar surface area (TPSA) is 50.7 Å². The standard InChI is InChI=1S/C22H20F4N4/c1-13-2-4-19(27-10-13)15-3-5-20-18(8-15)21(30-12-29-20)28-11-14-6-16(22(24,25)26)9-17(23)7-14/h2,4,6-7,9-10,12,15H,3,5,8,11H2,1H3,(H,28,29,30). The number of fused-ring (bicyclic) bond motifs is 1. The van der Waals surface area contributed by atoms with E-state index in [-0.39, 0.29) is 18.0 Å². The second-order valence-corrected chi connectivity index (χ2v) is 7.55. The largest absolute Gasteiger partial charge is 0.416 e. The molecule has 4 nitrogen and oxygen atoms in total. The van der Waals surface area contributed by atoms with Crippen LogP contribution >= 0.6 is 0 Å². The molecule has 0 fully saturated rings. The summed E-state index contributed by atoms with van der Waals surface area (Å²) < 4.78 is 52.5. The number of alkyl halides is 3. The van der Waals surface area contributed by atoms with Crippen molar-refractivity contribution >= 4 is 5.82 Å². The molecule has 1 aliphatic rings. The van der Waals surface area contributed by atoms with Crippen LogP contribution in [0.4, 0.5) is 23.4 Å². The second-order valence-electron chi connectivity index (χ2n) is 7.55. The number of anilines is 1. The number of halogens is 4. The fourth-order valence-corrected chi connectivity index (χ4v) is 3.77. The SMILES string of the molecule is Cc1ccc(C2CCc3ncnc(NCc4cc(F)cc(C(F)(F)F)c4)c3C2)nc1. The number of benzene rings is 1. The number of nitrogens with zero attached hydrogens (tertiary/aromatic N) is 3. The zero-order valence-electron chi connectivity index (χ0n) is 16.3. The molecule has 1 aromatic carbocycles. The number of aromatic nitrogens is 3. The molecule has 156 valence electrons. The van der Waals surface area contributed by atoms with E-state index < -0.39 is 17.6 Å².